The number of anilines is 2. The third kappa shape index (κ3) is 2.67. The highest BCUT2D eigenvalue weighted by molar-refractivity contribution is 5.98. The molecule has 0 aliphatic carbocycles. The van der Waals surface area contributed by atoms with E-state index in [-0.39, 0.29) is 5.75 Å². The van der Waals surface area contributed by atoms with E-state index in [0.717, 1.165) is 17.1 Å². The zero-order valence-electron chi connectivity index (χ0n) is 13.9. The first-order valence-corrected chi connectivity index (χ1v) is 7.96. The average molecular weight is 345 g/mol. The van der Waals surface area contributed by atoms with Crippen LogP contribution in [0.25, 0.3) is 21.7 Å². The van der Waals surface area contributed by atoms with Gasteiger partial charge in [-0.2, -0.15) is 0 Å². The first-order valence-electron chi connectivity index (χ1n) is 7.96. The van der Waals surface area contributed by atoms with Gasteiger partial charge in [-0.25, -0.2) is 9.97 Å². The standard InChI is InChI=1S/C20H15N3O3/c1-26-19-9-16-15(6-14(19)10-24)20(22-11-21-16)23-17-7-12-4-2-3-5-13(12)8-18(17)25/h2-11,25H,1H3,(H,21,22,23). The second-order valence-corrected chi connectivity index (χ2v) is 5.79. The molecule has 6 nitrogen and oxygen atoms in total. The quantitative estimate of drug-likeness (QED) is 0.429. The van der Waals surface area contributed by atoms with Gasteiger partial charge in [0, 0.05) is 11.5 Å². The second-order valence-electron chi connectivity index (χ2n) is 5.79. The van der Waals surface area contributed by atoms with Crippen molar-refractivity contribution in [2.45, 2.75) is 0 Å². The van der Waals surface area contributed by atoms with Gasteiger partial charge >= 0.3 is 0 Å². The van der Waals surface area contributed by atoms with Gasteiger partial charge in [0.2, 0.25) is 0 Å². The molecule has 4 rings (SSSR count). The number of rotatable bonds is 4. The van der Waals surface area contributed by atoms with Crippen LogP contribution in [0, 0.1) is 0 Å². The first kappa shape index (κ1) is 15.8. The van der Waals surface area contributed by atoms with Gasteiger partial charge in [0.25, 0.3) is 0 Å². The number of carbonyl (C=O) groups is 1. The van der Waals surface area contributed by atoms with Crippen molar-refractivity contribution in [3.63, 3.8) is 0 Å². The highest BCUT2D eigenvalue weighted by Crippen LogP contribution is 2.34. The van der Waals surface area contributed by atoms with Gasteiger partial charge in [0.1, 0.15) is 23.6 Å². The van der Waals surface area contributed by atoms with E-state index >= 15 is 0 Å². The highest BCUT2D eigenvalue weighted by Gasteiger charge is 2.12. The monoisotopic (exact) mass is 345 g/mol. The predicted molar refractivity (Wildman–Crippen MR) is 100 cm³/mol. The van der Waals surface area contributed by atoms with Gasteiger partial charge in [-0.05, 0) is 29.0 Å². The van der Waals surface area contributed by atoms with Crippen molar-refractivity contribution in [2.75, 3.05) is 12.4 Å². The van der Waals surface area contributed by atoms with E-state index in [1.165, 1.54) is 13.4 Å². The van der Waals surface area contributed by atoms with Crippen LogP contribution in [0.4, 0.5) is 11.5 Å². The summed E-state index contributed by atoms with van der Waals surface area (Å²) < 4.78 is 5.22. The molecule has 1 heterocycles. The van der Waals surface area contributed by atoms with Crippen LogP contribution in [-0.4, -0.2) is 28.5 Å². The number of benzene rings is 3. The lowest BCUT2D eigenvalue weighted by Gasteiger charge is -2.12. The third-order valence-corrected chi connectivity index (χ3v) is 4.23. The van der Waals surface area contributed by atoms with E-state index in [1.54, 1.807) is 18.2 Å². The van der Waals surface area contributed by atoms with Crippen molar-refractivity contribution in [2.24, 2.45) is 0 Å². The molecule has 0 fully saturated rings. The van der Waals surface area contributed by atoms with Crippen LogP contribution in [0.1, 0.15) is 10.4 Å². The van der Waals surface area contributed by atoms with Crippen molar-refractivity contribution in [3.05, 3.63) is 60.4 Å². The number of aldehydes is 1. The Labute approximate surface area is 149 Å². The molecule has 0 amide bonds. The minimum absolute atomic E-state index is 0.111. The summed E-state index contributed by atoms with van der Waals surface area (Å²) in [5, 5.41) is 16.1. The van der Waals surface area contributed by atoms with Gasteiger partial charge in [-0.15, -0.1) is 0 Å². The number of hydrogen-bond donors (Lipinski definition) is 2. The number of nitrogens with zero attached hydrogens (tertiary/aromatic N) is 2. The Kier molecular flexibility index (Phi) is 3.85. The topological polar surface area (TPSA) is 84.3 Å². The molecule has 0 aliphatic rings. The molecule has 0 radical (unpaired) electrons. The maximum Gasteiger partial charge on any atom is 0.153 e. The molecule has 4 aromatic rings. The Morgan fingerprint density at radius 3 is 2.58 bits per heavy atom. The Hall–Kier alpha value is -3.67. The zero-order chi connectivity index (χ0) is 18.1. The molecule has 0 saturated heterocycles. The maximum absolute atomic E-state index is 11.3. The molecule has 0 spiro atoms. The molecule has 128 valence electrons. The fourth-order valence-electron chi connectivity index (χ4n) is 2.93. The molecule has 0 atom stereocenters. The number of nitrogens with one attached hydrogen (secondary N) is 1. The van der Waals surface area contributed by atoms with Gasteiger partial charge in [0.15, 0.2) is 6.29 Å². The summed E-state index contributed by atoms with van der Waals surface area (Å²) in [6.07, 6.45) is 2.14. The van der Waals surface area contributed by atoms with Crippen molar-refractivity contribution >= 4 is 39.5 Å². The van der Waals surface area contributed by atoms with E-state index in [4.69, 9.17) is 4.74 Å². The van der Waals surface area contributed by atoms with E-state index in [1.807, 2.05) is 30.3 Å². The van der Waals surface area contributed by atoms with Crippen LogP contribution < -0.4 is 10.1 Å². The Morgan fingerprint density at radius 2 is 1.85 bits per heavy atom. The predicted octanol–water partition coefficient (Wildman–Crippen LogP) is 4.05. The van der Waals surface area contributed by atoms with Gasteiger partial charge in [0.05, 0.1) is 23.9 Å². The number of phenolic OH excluding ortho intramolecular Hbond substituents is 1. The Morgan fingerprint density at radius 1 is 1.08 bits per heavy atom. The summed E-state index contributed by atoms with van der Waals surface area (Å²) in [6.45, 7) is 0. The maximum atomic E-state index is 11.3. The Balaban J connectivity index is 1.85. The number of ether oxygens (including phenoxy) is 1. The fraction of sp³-hybridized carbons (Fsp3) is 0.0500. The molecular formula is C20H15N3O3. The lowest BCUT2D eigenvalue weighted by Crippen LogP contribution is -1.98. The summed E-state index contributed by atoms with van der Waals surface area (Å²) >= 11 is 0. The van der Waals surface area contributed by atoms with Gasteiger partial charge in [-0.1, -0.05) is 24.3 Å². The summed E-state index contributed by atoms with van der Waals surface area (Å²) in [6, 6.07) is 14.7. The van der Waals surface area contributed by atoms with Crippen LogP contribution in [0.2, 0.25) is 0 Å². The number of aromatic hydroxyl groups is 1. The zero-order valence-corrected chi connectivity index (χ0v) is 13.9. The summed E-state index contributed by atoms with van der Waals surface area (Å²) in [4.78, 5) is 19.8. The van der Waals surface area contributed by atoms with E-state index in [9.17, 15) is 9.90 Å². The van der Waals surface area contributed by atoms with Crippen LogP contribution in [0.3, 0.4) is 0 Å². The smallest absolute Gasteiger partial charge is 0.153 e. The molecular weight excluding hydrogens is 330 g/mol. The van der Waals surface area contributed by atoms with Crippen LogP contribution >= 0.6 is 0 Å². The summed E-state index contributed by atoms with van der Waals surface area (Å²) in [7, 11) is 1.50. The van der Waals surface area contributed by atoms with Crippen molar-refractivity contribution in [1.82, 2.24) is 9.97 Å². The number of methoxy groups -OCH3 is 1. The molecule has 0 unspecified atom stereocenters. The van der Waals surface area contributed by atoms with Gasteiger partial charge in [-0.3, -0.25) is 4.79 Å². The third-order valence-electron chi connectivity index (χ3n) is 4.23. The normalized spacial score (nSPS) is 10.8. The number of phenols is 1. The van der Waals surface area contributed by atoms with Crippen LogP contribution in [-0.2, 0) is 0 Å². The molecule has 1 aromatic heterocycles. The molecule has 0 bridgehead atoms. The lowest BCUT2D eigenvalue weighted by molar-refractivity contribution is 0.112. The van der Waals surface area contributed by atoms with Crippen molar-refractivity contribution in [1.29, 1.82) is 0 Å². The van der Waals surface area contributed by atoms with Crippen molar-refractivity contribution < 1.29 is 14.6 Å². The highest BCUT2D eigenvalue weighted by atomic mass is 16.5. The molecule has 3 aromatic carbocycles. The number of fused-ring (bicyclic) bond motifs is 2. The minimum atomic E-state index is 0.111. The number of aromatic nitrogens is 2. The fourth-order valence-corrected chi connectivity index (χ4v) is 2.93. The number of hydrogen-bond acceptors (Lipinski definition) is 6. The number of carbonyl (C=O) groups excluding carboxylic acids is 1. The van der Waals surface area contributed by atoms with Crippen molar-refractivity contribution in [3.8, 4) is 11.5 Å². The molecule has 2 N–H and O–H groups in total. The summed E-state index contributed by atoms with van der Waals surface area (Å²) in [5.41, 5.74) is 1.55. The van der Waals surface area contributed by atoms with E-state index in [0.29, 0.717) is 33.7 Å². The first-order chi connectivity index (χ1) is 12.7. The van der Waals surface area contributed by atoms with Gasteiger partial charge < -0.3 is 15.2 Å². The van der Waals surface area contributed by atoms with E-state index in [2.05, 4.69) is 15.3 Å². The Bertz CT molecular complexity index is 1140. The second kappa shape index (κ2) is 6.33. The molecule has 26 heavy (non-hydrogen) atoms. The van der Waals surface area contributed by atoms with Crippen LogP contribution in [0.15, 0.2) is 54.9 Å². The minimum Gasteiger partial charge on any atom is -0.506 e. The largest absolute Gasteiger partial charge is 0.506 e. The lowest BCUT2D eigenvalue weighted by atomic mass is 10.1. The molecule has 6 heteroatoms. The summed E-state index contributed by atoms with van der Waals surface area (Å²) in [5.74, 6) is 1.05. The SMILES string of the molecule is COc1cc2ncnc(Nc3cc4ccccc4cc3O)c2cc1C=O. The average Bonchev–Trinajstić information content (AvgIpc) is 2.67. The molecule has 0 aliphatic heterocycles. The molecule has 0 saturated carbocycles. The van der Waals surface area contributed by atoms with Crippen LogP contribution in [0.5, 0.6) is 11.5 Å². The van der Waals surface area contributed by atoms with E-state index < -0.39 is 0 Å².